The van der Waals surface area contributed by atoms with Crippen molar-refractivity contribution < 1.29 is 14.3 Å². The van der Waals surface area contributed by atoms with E-state index in [1.807, 2.05) is 0 Å². The molecule has 0 aliphatic rings. The first-order chi connectivity index (χ1) is 13.7. The zero-order valence-corrected chi connectivity index (χ0v) is 17.7. The van der Waals surface area contributed by atoms with Gasteiger partial charge < -0.3 is 16.2 Å². The number of hydrogen-bond donors (Lipinski definition) is 3. The summed E-state index contributed by atoms with van der Waals surface area (Å²) in [7, 11) is 0. The van der Waals surface area contributed by atoms with Crippen LogP contribution in [0.2, 0.25) is 5.02 Å². The van der Waals surface area contributed by atoms with E-state index in [1.165, 1.54) is 24.6 Å². The number of aryl methyl sites for hydroxylation is 1. The standard InChI is InChI=1S/C18H18ClFN4O2.C3H8/c1-10-7-14(8-15(19)16(10)25)22-9-23-17(21)18(26)24-11(2)12-3-5-13(20)6-4-12;1-3-2/h3-9,11,25H,1-2H3,(H,24,26)(H2,21,22,23);3H2,1-2H3. The zero-order valence-electron chi connectivity index (χ0n) is 16.9. The maximum Gasteiger partial charge on any atom is 0.287 e. The summed E-state index contributed by atoms with van der Waals surface area (Å²) in [5, 5.41) is 12.4. The predicted octanol–water partition coefficient (Wildman–Crippen LogP) is 4.80. The number of nitrogens with zero attached hydrogens (tertiary/aromatic N) is 2. The van der Waals surface area contributed by atoms with E-state index >= 15 is 0 Å². The molecule has 2 aromatic carbocycles. The SMILES string of the molecule is CCC.Cc1cc(N=CN=C(N)C(=O)NC(C)c2ccc(F)cc2)cc(Cl)c1O. The Morgan fingerprint density at radius 1 is 1.31 bits per heavy atom. The molecule has 0 aliphatic carbocycles. The molecule has 0 aliphatic heterocycles. The monoisotopic (exact) mass is 420 g/mol. The Hall–Kier alpha value is -2.93. The number of phenols is 1. The van der Waals surface area contributed by atoms with Gasteiger partial charge in [0.2, 0.25) is 0 Å². The van der Waals surface area contributed by atoms with E-state index in [4.69, 9.17) is 17.3 Å². The van der Waals surface area contributed by atoms with Crippen molar-refractivity contribution in [2.24, 2.45) is 15.7 Å². The number of carbonyl (C=O) groups excluding carboxylic acids is 1. The molecule has 0 saturated carbocycles. The second kappa shape index (κ2) is 11.8. The van der Waals surface area contributed by atoms with E-state index in [1.54, 1.807) is 32.0 Å². The van der Waals surface area contributed by atoms with E-state index in [0.29, 0.717) is 11.3 Å². The van der Waals surface area contributed by atoms with Crippen molar-refractivity contribution in [3.8, 4) is 5.75 Å². The first kappa shape index (κ1) is 24.1. The second-order valence-electron chi connectivity index (χ2n) is 6.31. The molecule has 0 radical (unpaired) electrons. The van der Waals surface area contributed by atoms with Gasteiger partial charge in [-0.15, -0.1) is 0 Å². The Bertz CT molecular complexity index is 860. The molecule has 0 heterocycles. The quantitative estimate of drug-likeness (QED) is 0.489. The number of phenolic OH excluding ortho intramolecular Hbond substituents is 1. The van der Waals surface area contributed by atoms with Gasteiger partial charge in [-0.3, -0.25) is 4.79 Å². The molecule has 1 atom stereocenters. The number of carbonyl (C=O) groups is 1. The number of halogens is 2. The van der Waals surface area contributed by atoms with E-state index in [-0.39, 0.29) is 28.5 Å². The van der Waals surface area contributed by atoms with E-state index < -0.39 is 5.91 Å². The molecular weight excluding hydrogens is 395 g/mol. The van der Waals surface area contributed by atoms with Crippen LogP contribution in [0.5, 0.6) is 5.75 Å². The van der Waals surface area contributed by atoms with Gasteiger partial charge in [0.05, 0.1) is 16.8 Å². The lowest BCUT2D eigenvalue weighted by Crippen LogP contribution is -2.37. The third-order valence-electron chi connectivity index (χ3n) is 3.59. The number of nitrogens with one attached hydrogen (secondary N) is 1. The number of benzene rings is 2. The van der Waals surface area contributed by atoms with Gasteiger partial charge in [0, 0.05) is 0 Å². The second-order valence-corrected chi connectivity index (χ2v) is 6.71. The Kier molecular flexibility index (Phi) is 9.82. The van der Waals surface area contributed by atoms with Crippen molar-refractivity contribution in [2.45, 2.75) is 40.2 Å². The van der Waals surface area contributed by atoms with E-state index in [9.17, 15) is 14.3 Å². The number of amidine groups is 1. The zero-order chi connectivity index (χ0) is 22.0. The number of nitrogens with two attached hydrogens (primary N) is 1. The number of aliphatic imine (C=N–C) groups is 2. The fourth-order valence-corrected chi connectivity index (χ4v) is 2.38. The van der Waals surface area contributed by atoms with Crippen molar-refractivity contribution in [3.05, 3.63) is 58.4 Å². The van der Waals surface area contributed by atoms with Crippen LogP contribution in [0.1, 0.15) is 44.4 Å². The van der Waals surface area contributed by atoms with Gasteiger partial charge in [-0.25, -0.2) is 14.4 Å². The number of amides is 1. The van der Waals surface area contributed by atoms with Crippen molar-refractivity contribution in [2.75, 3.05) is 0 Å². The lowest BCUT2D eigenvalue weighted by atomic mass is 10.1. The summed E-state index contributed by atoms with van der Waals surface area (Å²) >= 11 is 5.86. The van der Waals surface area contributed by atoms with Gasteiger partial charge >= 0.3 is 0 Å². The molecule has 0 aromatic heterocycles. The van der Waals surface area contributed by atoms with Gasteiger partial charge in [0.15, 0.2) is 5.84 Å². The minimum Gasteiger partial charge on any atom is -0.506 e. The normalized spacial score (nSPS) is 12.3. The smallest absolute Gasteiger partial charge is 0.287 e. The summed E-state index contributed by atoms with van der Waals surface area (Å²) in [6.07, 6.45) is 2.37. The van der Waals surface area contributed by atoms with Crippen LogP contribution in [-0.2, 0) is 4.79 Å². The Morgan fingerprint density at radius 3 is 2.45 bits per heavy atom. The van der Waals surface area contributed by atoms with Crippen molar-refractivity contribution in [1.82, 2.24) is 5.32 Å². The summed E-state index contributed by atoms with van der Waals surface area (Å²) < 4.78 is 12.9. The summed E-state index contributed by atoms with van der Waals surface area (Å²) in [5.41, 5.74) is 7.39. The Morgan fingerprint density at radius 2 is 1.90 bits per heavy atom. The molecule has 2 aromatic rings. The average Bonchev–Trinajstić information content (AvgIpc) is 2.67. The Balaban J connectivity index is 0.00000132. The largest absolute Gasteiger partial charge is 0.506 e. The lowest BCUT2D eigenvalue weighted by Gasteiger charge is -2.13. The van der Waals surface area contributed by atoms with Crippen LogP contribution in [0, 0.1) is 12.7 Å². The molecule has 1 unspecified atom stereocenters. The van der Waals surface area contributed by atoms with Gasteiger partial charge in [0.25, 0.3) is 5.91 Å². The van der Waals surface area contributed by atoms with E-state index in [0.717, 1.165) is 11.9 Å². The molecule has 156 valence electrons. The van der Waals surface area contributed by atoms with Gasteiger partial charge in [-0.1, -0.05) is 44.0 Å². The molecule has 8 heteroatoms. The molecule has 0 saturated heterocycles. The molecule has 0 fully saturated rings. The molecule has 2 rings (SSSR count). The van der Waals surface area contributed by atoms with Gasteiger partial charge in [-0.05, 0) is 49.2 Å². The molecule has 1 amide bonds. The fraction of sp³-hybridized carbons (Fsp3) is 0.286. The van der Waals surface area contributed by atoms with Gasteiger partial charge in [0.1, 0.15) is 17.9 Å². The van der Waals surface area contributed by atoms with Crippen LogP contribution in [-0.4, -0.2) is 23.2 Å². The van der Waals surface area contributed by atoms with Crippen LogP contribution >= 0.6 is 11.6 Å². The van der Waals surface area contributed by atoms with Crippen molar-refractivity contribution in [1.29, 1.82) is 0 Å². The fourth-order valence-electron chi connectivity index (χ4n) is 2.11. The number of aromatic hydroxyl groups is 1. The van der Waals surface area contributed by atoms with Crippen LogP contribution < -0.4 is 11.1 Å². The first-order valence-electron chi connectivity index (χ1n) is 9.10. The van der Waals surface area contributed by atoms with Gasteiger partial charge in [-0.2, -0.15) is 0 Å². The van der Waals surface area contributed by atoms with Crippen LogP contribution in [0.4, 0.5) is 10.1 Å². The maximum absolute atomic E-state index is 12.9. The minimum atomic E-state index is -0.576. The molecule has 0 spiro atoms. The van der Waals surface area contributed by atoms with E-state index in [2.05, 4.69) is 29.1 Å². The topological polar surface area (TPSA) is 100 Å². The minimum absolute atomic E-state index is 0.0113. The summed E-state index contributed by atoms with van der Waals surface area (Å²) in [4.78, 5) is 19.8. The van der Waals surface area contributed by atoms with Crippen molar-refractivity contribution >= 4 is 35.4 Å². The number of rotatable bonds is 4. The summed E-state index contributed by atoms with van der Waals surface area (Å²) in [5.74, 6) is -1.21. The average molecular weight is 421 g/mol. The third kappa shape index (κ3) is 7.91. The van der Waals surface area contributed by atoms with Crippen molar-refractivity contribution in [3.63, 3.8) is 0 Å². The lowest BCUT2D eigenvalue weighted by molar-refractivity contribution is -0.115. The highest BCUT2D eigenvalue weighted by molar-refractivity contribution is 6.38. The number of hydrogen-bond acceptors (Lipinski definition) is 3. The molecule has 4 N–H and O–H groups in total. The highest BCUT2D eigenvalue weighted by Gasteiger charge is 2.12. The molecule has 0 bridgehead atoms. The maximum atomic E-state index is 12.9. The third-order valence-corrected chi connectivity index (χ3v) is 3.88. The highest BCUT2D eigenvalue weighted by atomic mass is 35.5. The summed E-state index contributed by atoms with van der Waals surface area (Å²) in [6.45, 7) is 7.68. The first-order valence-corrected chi connectivity index (χ1v) is 9.48. The molecule has 6 nitrogen and oxygen atoms in total. The molecular formula is C21H26ClFN4O2. The van der Waals surface area contributed by atoms with Crippen LogP contribution in [0.15, 0.2) is 46.4 Å². The van der Waals surface area contributed by atoms with Crippen LogP contribution in [0.25, 0.3) is 0 Å². The van der Waals surface area contributed by atoms with Crippen LogP contribution in [0.3, 0.4) is 0 Å². The molecule has 29 heavy (non-hydrogen) atoms. The summed E-state index contributed by atoms with van der Waals surface area (Å²) in [6, 6.07) is 8.48. The predicted molar refractivity (Wildman–Crippen MR) is 117 cm³/mol. The Labute approximate surface area is 175 Å². The highest BCUT2D eigenvalue weighted by Crippen LogP contribution is 2.31.